The number of rotatable bonds is 3. The number of hydrogen-bond donors (Lipinski definition) is 1. The van der Waals surface area contributed by atoms with Crippen molar-refractivity contribution >= 4 is 0 Å². The summed E-state index contributed by atoms with van der Waals surface area (Å²) in [6.45, 7) is 2.00. The van der Waals surface area contributed by atoms with Gasteiger partial charge in [-0.1, -0.05) is 28.9 Å². The van der Waals surface area contributed by atoms with Gasteiger partial charge in [-0.15, -0.1) is 0 Å². The van der Waals surface area contributed by atoms with Crippen LogP contribution in [0.15, 0.2) is 47.0 Å². The Balaban J connectivity index is 2.02. The van der Waals surface area contributed by atoms with Crippen LogP contribution in [0.3, 0.4) is 0 Å². The number of methoxy groups -OCH3 is 1. The molecule has 106 valence electrons. The molecule has 0 atom stereocenters. The van der Waals surface area contributed by atoms with Crippen molar-refractivity contribution in [3.05, 3.63) is 48.0 Å². The molecule has 0 bridgehead atoms. The van der Waals surface area contributed by atoms with E-state index in [4.69, 9.17) is 9.26 Å². The van der Waals surface area contributed by atoms with E-state index in [0.717, 1.165) is 11.1 Å². The summed E-state index contributed by atoms with van der Waals surface area (Å²) in [6, 6.07) is 12.7. The Hall–Kier alpha value is -2.82. The number of aryl methyl sites for hydroxylation is 1. The van der Waals surface area contributed by atoms with Gasteiger partial charge in [0.2, 0.25) is 5.82 Å². The zero-order valence-electron chi connectivity index (χ0n) is 11.7. The van der Waals surface area contributed by atoms with Crippen molar-refractivity contribution in [1.82, 2.24) is 10.1 Å². The maximum absolute atomic E-state index is 9.92. The van der Waals surface area contributed by atoms with Gasteiger partial charge in [0, 0.05) is 5.56 Å². The van der Waals surface area contributed by atoms with Crippen molar-refractivity contribution < 1.29 is 14.4 Å². The van der Waals surface area contributed by atoms with Gasteiger partial charge >= 0.3 is 0 Å². The summed E-state index contributed by atoms with van der Waals surface area (Å²) in [7, 11) is 1.56. The number of benzene rings is 2. The molecule has 0 aliphatic rings. The zero-order valence-corrected chi connectivity index (χ0v) is 11.7. The highest BCUT2D eigenvalue weighted by molar-refractivity contribution is 5.66. The molecule has 0 saturated heterocycles. The van der Waals surface area contributed by atoms with Crippen LogP contribution in [0.4, 0.5) is 0 Å². The molecule has 1 heterocycles. The lowest BCUT2D eigenvalue weighted by Crippen LogP contribution is -1.85. The summed E-state index contributed by atoms with van der Waals surface area (Å²) < 4.78 is 10.4. The van der Waals surface area contributed by atoms with Crippen LogP contribution in [0, 0.1) is 6.92 Å². The van der Waals surface area contributed by atoms with Gasteiger partial charge in [-0.05, 0) is 31.2 Å². The first-order valence-corrected chi connectivity index (χ1v) is 6.45. The van der Waals surface area contributed by atoms with Crippen molar-refractivity contribution in [1.29, 1.82) is 0 Å². The number of ether oxygens (including phenoxy) is 1. The lowest BCUT2D eigenvalue weighted by Gasteiger charge is -2.03. The van der Waals surface area contributed by atoms with Gasteiger partial charge in [0.05, 0.1) is 12.7 Å². The lowest BCUT2D eigenvalue weighted by atomic mass is 10.1. The van der Waals surface area contributed by atoms with E-state index >= 15 is 0 Å². The van der Waals surface area contributed by atoms with E-state index in [9.17, 15) is 5.11 Å². The summed E-state index contributed by atoms with van der Waals surface area (Å²) in [5.41, 5.74) is 2.43. The van der Waals surface area contributed by atoms with Gasteiger partial charge in [-0.25, -0.2) is 0 Å². The molecule has 1 aromatic heterocycles. The summed E-state index contributed by atoms with van der Waals surface area (Å²) in [5, 5.41) is 13.9. The van der Waals surface area contributed by atoms with Gasteiger partial charge in [0.15, 0.2) is 0 Å². The molecule has 3 rings (SSSR count). The van der Waals surface area contributed by atoms with Crippen LogP contribution in [0.5, 0.6) is 11.5 Å². The number of phenolic OH excluding ortho intramolecular Hbond substituents is 1. The van der Waals surface area contributed by atoms with Crippen LogP contribution in [0.25, 0.3) is 22.8 Å². The molecule has 2 aromatic carbocycles. The van der Waals surface area contributed by atoms with Crippen molar-refractivity contribution in [3.63, 3.8) is 0 Å². The van der Waals surface area contributed by atoms with E-state index in [1.165, 1.54) is 6.07 Å². The summed E-state index contributed by atoms with van der Waals surface area (Å²) in [6.07, 6.45) is 0. The predicted octanol–water partition coefficient (Wildman–Crippen LogP) is 3.43. The highest BCUT2D eigenvalue weighted by Crippen LogP contribution is 2.32. The molecular formula is C16H14N2O3. The highest BCUT2D eigenvalue weighted by atomic mass is 16.5. The summed E-state index contributed by atoms with van der Waals surface area (Å²) >= 11 is 0. The zero-order chi connectivity index (χ0) is 14.8. The van der Waals surface area contributed by atoms with E-state index in [1.807, 2.05) is 31.2 Å². The largest absolute Gasteiger partial charge is 0.507 e. The first-order chi connectivity index (χ1) is 10.2. The topological polar surface area (TPSA) is 68.4 Å². The SMILES string of the molecule is COc1ccc(O)c(-c2nc(-c3cccc(C)c3)no2)c1. The first kappa shape index (κ1) is 13.2. The minimum absolute atomic E-state index is 0.0650. The Labute approximate surface area is 121 Å². The third-order valence-electron chi connectivity index (χ3n) is 3.14. The van der Waals surface area contributed by atoms with Gasteiger partial charge in [-0.3, -0.25) is 0 Å². The van der Waals surface area contributed by atoms with Gasteiger partial charge < -0.3 is 14.4 Å². The molecule has 0 fully saturated rings. The van der Waals surface area contributed by atoms with Gasteiger partial charge in [0.1, 0.15) is 11.5 Å². The smallest absolute Gasteiger partial charge is 0.262 e. The molecule has 0 saturated carbocycles. The maximum Gasteiger partial charge on any atom is 0.262 e. The number of nitrogens with zero attached hydrogens (tertiary/aromatic N) is 2. The Morgan fingerprint density at radius 2 is 2.00 bits per heavy atom. The Kier molecular flexibility index (Phi) is 3.31. The van der Waals surface area contributed by atoms with Crippen molar-refractivity contribution in [2.24, 2.45) is 0 Å². The van der Waals surface area contributed by atoms with Crippen molar-refractivity contribution in [2.75, 3.05) is 7.11 Å². The summed E-state index contributed by atoms with van der Waals surface area (Å²) in [5.74, 6) is 1.41. The van der Waals surface area contributed by atoms with E-state index in [2.05, 4.69) is 10.1 Å². The molecule has 0 amide bonds. The van der Waals surface area contributed by atoms with E-state index in [0.29, 0.717) is 17.1 Å². The van der Waals surface area contributed by atoms with Gasteiger partial charge in [-0.2, -0.15) is 4.98 Å². The molecule has 21 heavy (non-hydrogen) atoms. The monoisotopic (exact) mass is 282 g/mol. The molecule has 0 spiro atoms. The highest BCUT2D eigenvalue weighted by Gasteiger charge is 2.15. The fourth-order valence-corrected chi connectivity index (χ4v) is 2.05. The Morgan fingerprint density at radius 3 is 2.76 bits per heavy atom. The van der Waals surface area contributed by atoms with Gasteiger partial charge in [0.25, 0.3) is 5.89 Å². The number of phenols is 1. The molecule has 5 heteroatoms. The molecule has 0 unspecified atom stereocenters. The molecule has 3 aromatic rings. The van der Waals surface area contributed by atoms with E-state index < -0.39 is 0 Å². The second-order valence-electron chi connectivity index (χ2n) is 4.68. The van der Waals surface area contributed by atoms with E-state index in [-0.39, 0.29) is 11.6 Å². The van der Waals surface area contributed by atoms with Crippen LogP contribution in [-0.4, -0.2) is 22.4 Å². The standard InChI is InChI=1S/C16H14N2O3/c1-10-4-3-5-11(8-10)15-17-16(21-18-15)13-9-12(20-2)6-7-14(13)19/h3-9,19H,1-2H3. The average molecular weight is 282 g/mol. The Morgan fingerprint density at radius 1 is 1.14 bits per heavy atom. The second-order valence-corrected chi connectivity index (χ2v) is 4.68. The average Bonchev–Trinajstić information content (AvgIpc) is 2.97. The molecule has 1 N–H and O–H groups in total. The third kappa shape index (κ3) is 2.58. The molecule has 0 radical (unpaired) electrons. The molecular weight excluding hydrogens is 268 g/mol. The maximum atomic E-state index is 9.92. The predicted molar refractivity (Wildman–Crippen MR) is 78.1 cm³/mol. The first-order valence-electron chi connectivity index (χ1n) is 6.45. The molecule has 5 nitrogen and oxygen atoms in total. The Bertz CT molecular complexity index is 781. The molecule has 0 aliphatic heterocycles. The number of hydrogen-bond acceptors (Lipinski definition) is 5. The summed E-state index contributed by atoms with van der Waals surface area (Å²) in [4.78, 5) is 4.33. The fourth-order valence-electron chi connectivity index (χ4n) is 2.05. The minimum atomic E-state index is 0.0650. The van der Waals surface area contributed by atoms with E-state index in [1.54, 1.807) is 19.2 Å². The second kappa shape index (κ2) is 5.28. The molecule has 0 aliphatic carbocycles. The van der Waals surface area contributed by atoms with Crippen molar-refractivity contribution in [2.45, 2.75) is 6.92 Å². The quantitative estimate of drug-likeness (QED) is 0.797. The fraction of sp³-hybridized carbons (Fsp3) is 0.125. The van der Waals surface area contributed by atoms with Crippen molar-refractivity contribution in [3.8, 4) is 34.3 Å². The van der Waals surface area contributed by atoms with Crippen LogP contribution in [-0.2, 0) is 0 Å². The lowest BCUT2D eigenvalue weighted by molar-refractivity contribution is 0.408. The third-order valence-corrected chi connectivity index (χ3v) is 3.14. The minimum Gasteiger partial charge on any atom is -0.507 e. The van der Waals surface area contributed by atoms with Crippen LogP contribution >= 0.6 is 0 Å². The van der Waals surface area contributed by atoms with Crippen LogP contribution < -0.4 is 4.74 Å². The number of aromatic nitrogens is 2. The van der Waals surface area contributed by atoms with Crippen LogP contribution in [0.1, 0.15) is 5.56 Å². The normalized spacial score (nSPS) is 10.6. The number of aromatic hydroxyl groups is 1. The van der Waals surface area contributed by atoms with Crippen LogP contribution in [0.2, 0.25) is 0 Å².